The van der Waals surface area contributed by atoms with Crippen molar-refractivity contribution in [3.63, 3.8) is 0 Å². The summed E-state index contributed by atoms with van der Waals surface area (Å²) >= 11 is 0.396. The first-order chi connectivity index (χ1) is 5.73. The van der Waals surface area contributed by atoms with Gasteiger partial charge >= 0.3 is 13.2 Å². The fraction of sp³-hybridized carbons (Fsp3) is 0.200. The summed E-state index contributed by atoms with van der Waals surface area (Å²) in [6.07, 6.45) is -4.92. The normalized spacial score (nSPS) is 13.4. The summed E-state index contributed by atoms with van der Waals surface area (Å²) in [5.41, 5.74) is -3.15. The lowest BCUT2D eigenvalue weighted by molar-refractivity contribution is -0.136. The van der Waals surface area contributed by atoms with Gasteiger partial charge in [-0.2, -0.15) is 24.5 Å². The molecule has 0 amide bonds. The Balaban J connectivity index is 3.19. The van der Waals surface area contributed by atoms with Crippen LogP contribution in [0.4, 0.5) is 26.1 Å². The molecule has 0 saturated carbocycles. The van der Waals surface area contributed by atoms with Crippen LogP contribution in [0, 0.1) is 0 Å². The molecule has 0 fully saturated rings. The van der Waals surface area contributed by atoms with E-state index in [1.165, 1.54) is 0 Å². The van der Waals surface area contributed by atoms with Gasteiger partial charge < -0.3 is 12.9 Å². The highest BCUT2D eigenvalue weighted by Gasteiger charge is 2.39. The fourth-order valence-corrected chi connectivity index (χ4v) is 1.69. The van der Waals surface area contributed by atoms with Gasteiger partial charge in [-0.15, -0.1) is 0 Å². The number of alkyl halides is 3. The predicted octanol–water partition coefficient (Wildman–Crippen LogP) is 2.82. The molecule has 74 valence electrons. The molecule has 8 heteroatoms. The molecule has 0 atom stereocenters. The van der Waals surface area contributed by atoms with E-state index in [1.807, 2.05) is 0 Å². The summed E-state index contributed by atoms with van der Waals surface area (Å²) in [6, 6.07) is 0. The van der Waals surface area contributed by atoms with Gasteiger partial charge in [0.1, 0.15) is 0 Å². The Bertz CT molecular complexity index is 268. The van der Waals surface area contributed by atoms with Crippen molar-refractivity contribution in [3.05, 3.63) is 16.3 Å². The van der Waals surface area contributed by atoms with Crippen LogP contribution in [0.15, 0.2) is 10.8 Å². The van der Waals surface area contributed by atoms with Gasteiger partial charge in [0.15, 0.2) is 0 Å². The first kappa shape index (κ1) is 10.4. The van der Waals surface area contributed by atoms with E-state index >= 15 is 0 Å². The standard InChI is InChI=1S/C5H2BF6S/c7-5(8,9)3-1-13-2-4(3)6(10,11)12/h1-2H/q-1. The van der Waals surface area contributed by atoms with Gasteiger partial charge in [-0.3, -0.25) is 0 Å². The van der Waals surface area contributed by atoms with E-state index in [9.17, 15) is 26.1 Å². The second-order valence-corrected chi connectivity index (χ2v) is 3.06. The maximum absolute atomic E-state index is 12.0. The SMILES string of the molecule is F[B-](F)(F)c1cscc1C(F)(F)F. The lowest BCUT2D eigenvalue weighted by Crippen LogP contribution is -2.37. The third-order valence-corrected chi connectivity index (χ3v) is 2.11. The molecule has 0 bridgehead atoms. The molecule has 13 heavy (non-hydrogen) atoms. The third-order valence-electron chi connectivity index (χ3n) is 1.35. The number of hydrogen-bond acceptors (Lipinski definition) is 1. The van der Waals surface area contributed by atoms with E-state index in [-0.39, 0.29) is 0 Å². The largest absolute Gasteiger partial charge is 0.511 e. The Morgan fingerprint density at radius 3 is 1.92 bits per heavy atom. The molecule has 0 aromatic carbocycles. The number of halogens is 6. The molecule has 0 spiro atoms. The second-order valence-electron chi connectivity index (χ2n) is 2.31. The molecule has 0 aliphatic rings. The third kappa shape index (κ3) is 2.17. The number of rotatable bonds is 1. The Labute approximate surface area is 73.2 Å². The van der Waals surface area contributed by atoms with Crippen LogP contribution < -0.4 is 5.46 Å². The van der Waals surface area contributed by atoms with E-state index in [4.69, 9.17) is 0 Å². The average molecular weight is 219 g/mol. The lowest BCUT2D eigenvalue weighted by Gasteiger charge is -2.16. The van der Waals surface area contributed by atoms with Crippen molar-refractivity contribution in [1.82, 2.24) is 0 Å². The van der Waals surface area contributed by atoms with E-state index in [1.54, 1.807) is 0 Å². The van der Waals surface area contributed by atoms with E-state index < -0.39 is 24.2 Å². The summed E-state index contributed by atoms with van der Waals surface area (Å²) in [4.78, 5) is 0. The maximum Gasteiger partial charge on any atom is 0.511 e. The topological polar surface area (TPSA) is 0 Å². The Morgan fingerprint density at radius 2 is 1.62 bits per heavy atom. The van der Waals surface area contributed by atoms with Crippen molar-refractivity contribution in [3.8, 4) is 0 Å². The minimum absolute atomic E-state index is 0.396. The van der Waals surface area contributed by atoms with E-state index in [0.717, 1.165) is 0 Å². The van der Waals surface area contributed by atoms with Crippen molar-refractivity contribution in [2.75, 3.05) is 0 Å². The van der Waals surface area contributed by atoms with Crippen molar-refractivity contribution in [2.45, 2.75) is 6.18 Å². The minimum Gasteiger partial charge on any atom is -0.445 e. The molecular weight excluding hydrogens is 217 g/mol. The minimum atomic E-state index is -5.57. The Kier molecular flexibility index (Phi) is 2.35. The second kappa shape index (κ2) is 2.93. The lowest BCUT2D eigenvalue weighted by atomic mass is 9.79. The molecule has 1 aromatic heterocycles. The van der Waals surface area contributed by atoms with Gasteiger partial charge in [0.2, 0.25) is 0 Å². The van der Waals surface area contributed by atoms with Crippen LogP contribution in [0.2, 0.25) is 0 Å². The van der Waals surface area contributed by atoms with Crippen LogP contribution in [-0.2, 0) is 6.18 Å². The first-order valence-electron chi connectivity index (χ1n) is 3.06. The summed E-state index contributed by atoms with van der Waals surface area (Å²) in [6.45, 7) is -5.57. The molecule has 0 radical (unpaired) electrons. The zero-order chi connectivity index (χ0) is 10.3. The van der Waals surface area contributed by atoms with Crippen molar-refractivity contribution >= 4 is 23.8 Å². The fourth-order valence-electron chi connectivity index (χ4n) is 0.791. The van der Waals surface area contributed by atoms with E-state index in [0.29, 0.717) is 22.1 Å². The van der Waals surface area contributed by atoms with Gasteiger partial charge in [0.05, 0.1) is 0 Å². The van der Waals surface area contributed by atoms with Gasteiger partial charge in [-0.05, 0) is 10.8 Å². The monoisotopic (exact) mass is 219 g/mol. The van der Waals surface area contributed by atoms with Crippen LogP contribution in [-0.4, -0.2) is 6.98 Å². The van der Waals surface area contributed by atoms with Crippen molar-refractivity contribution in [1.29, 1.82) is 0 Å². The highest BCUT2D eigenvalue weighted by molar-refractivity contribution is 7.09. The van der Waals surface area contributed by atoms with Crippen LogP contribution in [0.3, 0.4) is 0 Å². The molecule has 0 aliphatic heterocycles. The van der Waals surface area contributed by atoms with Gasteiger partial charge in [-0.25, -0.2) is 0 Å². The van der Waals surface area contributed by atoms with Crippen LogP contribution in [0.5, 0.6) is 0 Å². The Hall–Kier alpha value is -0.655. The molecule has 1 heterocycles. The van der Waals surface area contributed by atoms with Crippen LogP contribution >= 0.6 is 11.3 Å². The summed E-state index contributed by atoms with van der Waals surface area (Å²) in [5, 5.41) is 0.938. The smallest absolute Gasteiger partial charge is 0.445 e. The van der Waals surface area contributed by atoms with Crippen LogP contribution in [0.25, 0.3) is 0 Å². The molecule has 0 saturated heterocycles. The summed E-state index contributed by atoms with van der Waals surface area (Å²) in [7, 11) is 0. The summed E-state index contributed by atoms with van der Waals surface area (Å²) < 4.78 is 71.7. The number of hydrogen-bond donors (Lipinski definition) is 0. The molecular formula is C5H2BF6S-. The quantitative estimate of drug-likeness (QED) is 0.503. The van der Waals surface area contributed by atoms with E-state index in [2.05, 4.69) is 0 Å². The maximum atomic E-state index is 12.0. The predicted molar refractivity (Wildman–Crippen MR) is 38.0 cm³/mol. The van der Waals surface area contributed by atoms with Crippen molar-refractivity contribution in [2.24, 2.45) is 0 Å². The van der Waals surface area contributed by atoms with Gasteiger partial charge in [0, 0.05) is 5.56 Å². The molecule has 0 unspecified atom stereocenters. The molecule has 0 nitrogen and oxygen atoms in total. The molecule has 1 rings (SSSR count). The van der Waals surface area contributed by atoms with Crippen molar-refractivity contribution < 1.29 is 26.1 Å². The Morgan fingerprint density at radius 1 is 1.08 bits per heavy atom. The number of thiophene rings is 1. The zero-order valence-electron chi connectivity index (χ0n) is 5.91. The zero-order valence-corrected chi connectivity index (χ0v) is 6.72. The summed E-state index contributed by atoms with van der Waals surface area (Å²) in [5.74, 6) is 0. The highest BCUT2D eigenvalue weighted by atomic mass is 32.1. The first-order valence-corrected chi connectivity index (χ1v) is 4.00. The van der Waals surface area contributed by atoms with Gasteiger partial charge in [0.25, 0.3) is 0 Å². The molecule has 0 aliphatic carbocycles. The average Bonchev–Trinajstić information content (AvgIpc) is 2.27. The van der Waals surface area contributed by atoms with Crippen LogP contribution in [0.1, 0.15) is 5.56 Å². The molecule has 0 N–H and O–H groups in total. The highest BCUT2D eigenvalue weighted by Crippen LogP contribution is 2.31. The molecule has 1 aromatic rings. The van der Waals surface area contributed by atoms with Gasteiger partial charge in [-0.1, -0.05) is 5.46 Å².